The zero-order valence-corrected chi connectivity index (χ0v) is 8.40. The molecule has 2 rings (SSSR count). The Kier molecular flexibility index (Phi) is 2.32. The minimum absolute atomic E-state index is 0.109. The molecule has 5 heteroatoms. The number of aliphatic hydroxyl groups excluding tert-OH is 2. The highest BCUT2D eigenvalue weighted by Gasteiger charge is 2.56. The molecule has 0 radical (unpaired) electrons. The third-order valence-electron chi connectivity index (χ3n) is 2.60. The Morgan fingerprint density at radius 3 is 2.57 bits per heavy atom. The summed E-state index contributed by atoms with van der Waals surface area (Å²) in [6, 6.07) is 0. The average molecular weight is 204 g/mol. The smallest absolute Gasteiger partial charge is 0.221 e. The zero-order valence-electron chi connectivity index (χ0n) is 8.40. The Hall–Kier alpha value is -0.200. The first kappa shape index (κ1) is 10.3. The molecule has 3 atom stereocenters. The van der Waals surface area contributed by atoms with E-state index in [1.54, 1.807) is 13.8 Å². The summed E-state index contributed by atoms with van der Waals surface area (Å²) in [5.41, 5.74) is 0. The van der Waals surface area contributed by atoms with E-state index in [4.69, 9.17) is 19.3 Å². The molecule has 0 aliphatic carbocycles. The largest absolute Gasteiger partial charge is 0.394 e. The summed E-state index contributed by atoms with van der Waals surface area (Å²) in [4.78, 5) is 0. The highest BCUT2D eigenvalue weighted by atomic mass is 16.8. The van der Waals surface area contributed by atoms with Crippen LogP contribution in [0.2, 0.25) is 0 Å². The van der Waals surface area contributed by atoms with Gasteiger partial charge in [-0.1, -0.05) is 0 Å². The van der Waals surface area contributed by atoms with Gasteiger partial charge in [-0.2, -0.15) is 0 Å². The van der Waals surface area contributed by atoms with E-state index in [9.17, 15) is 5.11 Å². The van der Waals surface area contributed by atoms with Crippen LogP contribution < -0.4 is 0 Å². The summed E-state index contributed by atoms with van der Waals surface area (Å²) in [5.74, 6) is -1.80. The lowest BCUT2D eigenvalue weighted by Crippen LogP contribution is -2.43. The number of aliphatic hydroxyl groups is 2. The second-order valence-corrected chi connectivity index (χ2v) is 4.28. The maximum Gasteiger partial charge on any atom is 0.221 e. The predicted molar refractivity (Wildman–Crippen MR) is 46.4 cm³/mol. The Morgan fingerprint density at radius 2 is 2.14 bits per heavy atom. The van der Waals surface area contributed by atoms with E-state index < -0.39 is 17.7 Å². The first-order valence-corrected chi connectivity index (χ1v) is 4.78. The van der Waals surface area contributed by atoms with Gasteiger partial charge < -0.3 is 24.4 Å². The van der Waals surface area contributed by atoms with Crippen LogP contribution >= 0.6 is 0 Å². The van der Waals surface area contributed by atoms with E-state index in [1.807, 2.05) is 0 Å². The third kappa shape index (κ3) is 1.55. The van der Waals surface area contributed by atoms with Gasteiger partial charge >= 0.3 is 0 Å². The monoisotopic (exact) mass is 204 g/mol. The number of hydrogen-bond donors (Lipinski definition) is 2. The van der Waals surface area contributed by atoms with Crippen LogP contribution in [-0.4, -0.2) is 47.2 Å². The molecule has 82 valence electrons. The highest BCUT2D eigenvalue weighted by molar-refractivity contribution is 4.93. The molecule has 0 unspecified atom stereocenters. The van der Waals surface area contributed by atoms with Crippen molar-refractivity contribution in [2.24, 2.45) is 0 Å². The number of ether oxygens (including phenoxy) is 3. The van der Waals surface area contributed by atoms with E-state index in [-0.39, 0.29) is 19.3 Å². The summed E-state index contributed by atoms with van der Waals surface area (Å²) in [5, 5.41) is 18.7. The SMILES string of the molecule is CC1(C)OC[C@]2(O[C@@H](CO)C[C@@H]2O)O1. The van der Waals surface area contributed by atoms with Gasteiger partial charge in [-0.15, -0.1) is 0 Å². The van der Waals surface area contributed by atoms with Gasteiger partial charge in [0.05, 0.1) is 12.7 Å². The van der Waals surface area contributed by atoms with Gasteiger partial charge in [0.15, 0.2) is 5.79 Å². The van der Waals surface area contributed by atoms with Crippen molar-refractivity contribution in [3.8, 4) is 0 Å². The topological polar surface area (TPSA) is 68.2 Å². The fraction of sp³-hybridized carbons (Fsp3) is 1.00. The van der Waals surface area contributed by atoms with Crippen LogP contribution in [0.1, 0.15) is 20.3 Å². The van der Waals surface area contributed by atoms with E-state index in [0.29, 0.717) is 6.42 Å². The Balaban J connectivity index is 2.11. The summed E-state index contributed by atoms with van der Waals surface area (Å²) < 4.78 is 16.3. The fourth-order valence-electron chi connectivity index (χ4n) is 1.92. The van der Waals surface area contributed by atoms with Crippen molar-refractivity contribution in [2.45, 2.75) is 44.1 Å². The zero-order chi connectivity index (χ0) is 10.4. The molecule has 2 aliphatic heterocycles. The summed E-state index contributed by atoms with van der Waals surface area (Å²) in [7, 11) is 0. The van der Waals surface area contributed by atoms with Crippen LogP contribution in [0, 0.1) is 0 Å². The molecule has 0 amide bonds. The van der Waals surface area contributed by atoms with Crippen LogP contribution in [0.25, 0.3) is 0 Å². The van der Waals surface area contributed by atoms with Crippen LogP contribution in [0.3, 0.4) is 0 Å². The quantitative estimate of drug-likeness (QED) is 0.608. The minimum atomic E-state index is -1.07. The standard InChI is InChI=1S/C9H16O5/c1-8(2)12-5-9(14-8)7(11)3-6(4-10)13-9/h6-7,10-11H,3-5H2,1-2H3/t6-,7+,9+/m1/s1. The van der Waals surface area contributed by atoms with Gasteiger partial charge in [-0.3, -0.25) is 0 Å². The molecule has 1 spiro atoms. The molecular weight excluding hydrogens is 188 g/mol. The lowest BCUT2D eigenvalue weighted by Gasteiger charge is -2.26. The number of hydrogen-bond acceptors (Lipinski definition) is 5. The average Bonchev–Trinajstić information content (AvgIpc) is 2.56. The summed E-state index contributed by atoms with van der Waals surface area (Å²) >= 11 is 0. The first-order valence-electron chi connectivity index (χ1n) is 4.78. The summed E-state index contributed by atoms with van der Waals surface area (Å²) in [6.07, 6.45) is -0.709. The third-order valence-corrected chi connectivity index (χ3v) is 2.60. The fourth-order valence-corrected chi connectivity index (χ4v) is 1.92. The lowest BCUT2D eigenvalue weighted by atomic mass is 10.1. The highest BCUT2D eigenvalue weighted by Crippen LogP contribution is 2.41. The van der Waals surface area contributed by atoms with E-state index in [1.165, 1.54) is 0 Å². The maximum atomic E-state index is 9.77. The van der Waals surface area contributed by atoms with E-state index >= 15 is 0 Å². The van der Waals surface area contributed by atoms with Crippen LogP contribution in [0.4, 0.5) is 0 Å². The molecule has 0 saturated carbocycles. The van der Waals surface area contributed by atoms with Crippen molar-refractivity contribution in [1.82, 2.24) is 0 Å². The van der Waals surface area contributed by atoms with Gasteiger partial charge in [-0.05, 0) is 13.8 Å². The molecule has 2 heterocycles. The van der Waals surface area contributed by atoms with E-state index in [2.05, 4.69) is 0 Å². The molecular formula is C9H16O5. The molecule has 0 aromatic carbocycles. The Labute approximate surface area is 82.6 Å². The van der Waals surface area contributed by atoms with Crippen molar-refractivity contribution in [3.05, 3.63) is 0 Å². The van der Waals surface area contributed by atoms with Crippen LogP contribution in [0.5, 0.6) is 0 Å². The minimum Gasteiger partial charge on any atom is -0.394 e. The van der Waals surface area contributed by atoms with E-state index in [0.717, 1.165) is 0 Å². The first-order chi connectivity index (χ1) is 6.47. The van der Waals surface area contributed by atoms with Crippen molar-refractivity contribution in [1.29, 1.82) is 0 Å². The molecule has 2 saturated heterocycles. The van der Waals surface area contributed by atoms with Gasteiger partial charge in [0, 0.05) is 6.42 Å². The normalized spacial score (nSPS) is 46.3. The molecule has 2 N–H and O–H groups in total. The van der Waals surface area contributed by atoms with Gasteiger partial charge in [-0.25, -0.2) is 0 Å². The maximum absolute atomic E-state index is 9.77. The molecule has 5 nitrogen and oxygen atoms in total. The van der Waals surface area contributed by atoms with Crippen LogP contribution in [0.15, 0.2) is 0 Å². The van der Waals surface area contributed by atoms with Crippen molar-refractivity contribution >= 4 is 0 Å². The molecule has 0 bridgehead atoms. The van der Waals surface area contributed by atoms with Crippen molar-refractivity contribution in [3.63, 3.8) is 0 Å². The number of rotatable bonds is 1. The van der Waals surface area contributed by atoms with Crippen molar-refractivity contribution in [2.75, 3.05) is 13.2 Å². The Bertz CT molecular complexity index is 229. The van der Waals surface area contributed by atoms with Crippen LogP contribution in [-0.2, 0) is 14.2 Å². The second kappa shape index (κ2) is 3.15. The molecule has 2 fully saturated rings. The molecule has 0 aromatic heterocycles. The van der Waals surface area contributed by atoms with Gasteiger partial charge in [0.25, 0.3) is 0 Å². The Morgan fingerprint density at radius 1 is 1.43 bits per heavy atom. The lowest BCUT2D eigenvalue weighted by molar-refractivity contribution is -0.269. The molecule has 0 aromatic rings. The second-order valence-electron chi connectivity index (χ2n) is 4.28. The summed E-state index contributed by atoms with van der Waals surface area (Å²) in [6.45, 7) is 3.63. The van der Waals surface area contributed by atoms with Gasteiger partial charge in [0.1, 0.15) is 12.7 Å². The predicted octanol–water partition coefficient (Wildman–Crippen LogP) is -0.392. The van der Waals surface area contributed by atoms with Crippen molar-refractivity contribution < 1.29 is 24.4 Å². The molecule has 14 heavy (non-hydrogen) atoms. The van der Waals surface area contributed by atoms with Gasteiger partial charge in [0.2, 0.25) is 5.79 Å². The molecule has 2 aliphatic rings.